The second-order valence-electron chi connectivity index (χ2n) is 5.96. The zero-order chi connectivity index (χ0) is 15.9. The summed E-state index contributed by atoms with van der Waals surface area (Å²) in [7, 11) is 0. The zero-order valence-electron chi connectivity index (χ0n) is 13.4. The van der Waals surface area contributed by atoms with Gasteiger partial charge in [-0.1, -0.05) is 6.07 Å². The van der Waals surface area contributed by atoms with Gasteiger partial charge in [-0.05, 0) is 62.1 Å². The van der Waals surface area contributed by atoms with E-state index >= 15 is 0 Å². The van der Waals surface area contributed by atoms with E-state index in [0.29, 0.717) is 12.8 Å². The van der Waals surface area contributed by atoms with Crippen molar-refractivity contribution in [2.75, 3.05) is 23.3 Å². The van der Waals surface area contributed by atoms with Crippen LogP contribution in [-0.4, -0.2) is 24.0 Å². The molecule has 0 saturated carbocycles. The summed E-state index contributed by atoms with van der Waals surface area (Å²) in [6.07, 6.45) is 6.74. The van der Waals surface area contributed by atoms with Crippen LogP contribution in [0.4, 0.5) is 11.4 Å². The summed E-state index contributed by atoms with van der Waals surface area (Å²) >= 11 is 0. The van der Waals surface area contributed by atoms with Crippen LogP contribution in [0.25, 0.3) is 0 Å². The number of carbonyl (C=O) groups excluding carboxylic acids is 1. The minimum atomic E-state index is 0.0291. The standard InChI is InChI=1S/C19H23N3O/c23-19(12-9-16-6-2-3-13-20-16)21-17-7-10-18(11-8-17)22-14-4-1-5-15-22/h2-3,6-8,10-11,13H,1,4-5,9,12,14-15H2,(H,21,23). The van der Waals surface area contributed by atoms with Crippen molar-refractivity contribution in [3.8, 4) is 0 Å². The van der Waals surface area contributed by atoms with Crippen LogP contribution in [0.1, 0.15) is 31.4 Å². The molecule has 0 bridgehead atoms. The molecule has 1 aromatic heterocycles. The maximum atomic E-state index is 12.0. The number of aromatic nitrogens is 1. The molecule has 120 valence electrons. The number of anilines is 2. The highest BCUT2D eigenvalue weighted by atomic mass is 16.1. The van der Waals surface area contributed by atoms with E-state index in [-0.39, 0.29) is 5.91 Å². The highest BCUT2D eigenvalue weighted by Gasteiger charge is 2.11. The predicted molar refractivity (Wildman–Crippen MR) is 93.7 cm³/mol. The summed E-state index contributed by atoms with van der Waals surface area (Å²) in [6, 6.07) is 13.9. The molecule has 0 unspecified atom stereocenters. The Balaban J connectivity index is 1.50. The van der Waals surface area contributed by atoms with Gasteiger partial charge in [-0.3, -0.25) is 9.78 Å². The van der Waals surface area contributed by atoms with E-state index in [1.807, 2.05) is 30.3 Å². The number of nitrogens with zero attached hydrogens (tertiary/aromatic N) is 2. The number of aryl methyl sites for hydroxylation is 1. The molecule has 2 heterocycles. The van der Waals surface area contributed by atoms with Gasteiger partial charge in [0.05, 0.1) is 0 Å². The molecule has 4 nitrogen and oxygen atoms in total. The number of hydrogen-bond acceptors (Lipinski definition) is 3. The molecule has 0 atom stereocenters. The Morgan fingerprint density at radius 2 is 1.83 bits per heavy atom. The van der Waals surface area contributed by atoms with Crippen molar-refractivity contribution in [1.82, 2.24) is 4.98 Å². The number of pyridine rings is 1. The van der Waals surface area contributed by atoms with Crippen LogP contribution in [-0.2, 0) is 11.2 Å². The maximum absolute atomic E-state index is 12.0. The topological polar surface area (TPSA) is 45.2 Å². The highest BCUT2D eigenvalue weighted by Crippen LogP contribution is 2.21. The largest absolute Gasteiger partial charge is 0.372 e. The first-order valence-electron chi connectivity index (χ1n) is 8.36. The summed E-state index contributed by atoms with van der Waals surface area (Å²) < 4.78 is 0. The number of rotatable bonds is 5. The quantitative estimate of drug-likeness (QED) is 0.917. The van der Waals surface area contributed by atoms with E-state index in [9.17, 15) is 4.79 Å². The van der Waals surface area contributed by atoms with Gasteiger partial charge >= 0.3 is 0 Å². The first kappa shape index (κ1) is 15.5. The minimum Gasteiger partial charge on any atom is -0.372 e. The van der Waals surface area contributed by atoms with E-state index in [1.165, 1.54) is 24.9 Å². The summed E-state index contributed by atoms with van der Waals surface area (Å²) in [5.74, 6) is 0.0291. The average Bonchev–Trinajstić information content (AvgIpc) is 2.62. The summed E-state index contributed by atoms with van der Waals surface area (Å²) in [5.41, 5.74) is 3.05. The fourth-order valence-electron chi connectivity index (χ4n) is 2.92. The third-order valence-electron chi connectivity index (χ3n) is 4.21. The van der Waals surface area contributed by atoms with Gasteiger partial charge < -0.3 is 10.2 Å². The molecule has 1 saturated heterocycles. The van der Waals surface area contributed by atoms with Gasteiger partial charge in [0, 0.05) is 42.8 Å². The first-order valence-corrected chi connectivity index (χ1v) is 8.36. The van der Waals surface area contributed by atoms with Crippen molar-refractivity contribution in [3.05, 3.63) is 54.4 Å². The van der Waals surface area contributed by atoms with Crippen LogP contribution in [0.15, 0.2) is 48.7 Å². The van der Waals surface area contributed by atoms with Crippen LogP contribution < -0.4 is 10.2 Å². The molecule has 1 aromatic carbocycles. The highest BCUT2D eigenvalue weighted by molar-refractivity contribution is 5.91. The molecule has 4 heteroatoms. The molecule has 1 aliphatic rings. The second-order valence-corrected chi connectivity index (χ2v) is 5.96. The maximum Gasteiger partial charge on any atom is 0.224 e. The van der Waals surface area contributed by atoms with Crippen molar-refractivity contribution in [2.24, 2.45) is 0 Å². The Bertz CT molecular complexity index is 619. The molecular formula is C19H23N3O. The Morgan fingerprint density at radius 3 is 2.52 bits per heavy atom. The van der Waals surface area contributed by atoms with Gasteiger partial charge in [-0.2, -0.15) is 0 Å². The van der Waals surface area contributed by atoms with Gasteiger partial charge in [-0.25, -0.2) is 0 Å². The average molecular weight is 309 g/mol. The molecule has 0 radical (unpaired) electrons. The molecule has 1 N–H and O–H groups in total. The fourth-order valence-corrected chi connectivity index (χ4v) is 2.92. The van der Waals surface area contributed by atoms with Crippen LogP contribution in [0, 0.1) is 0 Å². The lowest BCUT2D eigenvalue weighted by Crippen LogP contribution is -2.29. The third-order valence-corrected chi connectivity index (χ3v) is 4.21. The van der Waals surface area contributed by atoms with Crippen molar-refractivity contribution in [3.63, 3.8) is 0 Å². The molecular weight excluding hydrogens is 286 g/mol. The monoisotopic (exact) mass is 309 g/mol. The molecule has 0 aliphatic carbocycles. The van der Waals surface area contributed by atoms with Crippen LogP contribution in [0.2, 0.25) is 0 Å². The summed E-state index contributed by atoms with van der Waals surface area (Å²) in [4.78, 5) is 18.7. The minimum absolute atomic E-state index is 0.0291. The Labute approximate surface area is 137 Å². The van der Waals surface area contributed by atoms with E-state index in [4.69, 9.17) is 0 Å². The Kier molecular flexibility index (Phi) is 5.25. The lowest BCUT2D eigenvalue weighted by Gasteiger charge is -2.28. The van der Waals surface area contributed by atoms with Gasteiger partial charge in [0.1, 0.15) is 0 Å². The molecule has 1 fully saturated rings. The van der Waals surface area contributed by atoms with E-state index in [1.54, 1.807) is 6.20 Å². The number of carbonyl (C=O) groups is 1. The second kappa shape index (κ2) is 7.77. The smallest absolute Gasteiger partial charge is 0.224 e. The Hall–Kier alpha value is -2.36. The molecule has 3 rings (SSSR count). The summed E-state index contributed by atoms with van der Waals surface area (Å²) in [6.45, 7) is 2.27. The molecule has 0 spiro atoms. The first-order chi connectivity index (χ1) is 11.3. The number of nitrogens with one attached hydrogen (secondary N) is 1. The van der Waals surface area contributed by atoms with Crippen LogP contribution in [0.5, 0.6) is 0 Å². The van der Waals surface area contributed by atoms with Crippen LogP contribution >= 0.6 is 0 Å². The number of amides is 1. The van der Waals surface area contributed by atoms with E-state index in [2.05, 4.69) is 27.3 Å². The van der Waals surface area contributed by atoms with Gasteiger partial charge in [0.15, 0.2) is 0 Å². The van der Waals surface area contributed by atoms with Crippen molar-refractivity contribution < 1.29 is 4.79 Å². The SMILES string of the molecule is O=C(CCc1ccccn1)Nc1ccc(N2CCCCC2)cc1. The number of piperidine rings is 1. The lowest BCUT2D eigenvalue weighted by atomic mass is 10.1. The van der Waals surface area contributed by atoms with Crippen molar-refractivity contribution in [2.45, 2.75) is 32.1 Å². The molecule has 23 heavy (non-hydrogen) atoms. The number of hydrogen-bond donors (Lipinski definition) is 1. The van der Waals surface area contributed by atoms with Gasteiger partial charge in [-0.15, -0.1) is 0 Å². The summed E-state index contributed by atoms with van der Waals surface area (Å²) in [5, 5.41) is 2.96. The normalized spacial score (nSPS) is 14.5. The van der Waals surface area contributed by atoms with Gasteiger partial charge in [0.2, 0.25) is 5.91 Å². The fraction of sp³-hybridized carbons (Fsp3) is 0.368. The molecule has 1 aliphatic heterocycles. The lowest BCUT2D eigenvalue weighted by molar-refractivity contribution is -0.116. The number of benzene rings is 1. The van der Waals surface area contributed by atoms with Crippen molar-refractivity contribution >= 4 is 17.3 Å². The van der Waals surface area contributed by atoms with E-state index < -0.39 is 0 Å². The Morgan fingerprint density at radius 1 is 1.04 bits per heavy atom. The van der Waals surface area contributed by atoms with Gasteiger partial charge in [0.25, 0.3) is 0 Å². The molecule has 1 amide bonds. The van der Waals surface area contributed by atoms with Crippen molar-refractivity contribution in [1.29, 1.82) is 0 Å². The third kappa shape index (κ3) is 4.55. The molecule has 2 aromatic rings. The zero-order valence-corrected chi connectivity index (χ0v) is 13.4. The van der Waals surface area contributed by atoms with E-state index in [0.717, 1.165) is 24.5 Å². The van der Waals surface area contributed by atoms with Crippen LogP contribution in [0.3, 0.4) is 0 Å². The predicted octanol–water partition coefficient (Wildman–Crippen LogP) is 3.64.